The van der Waals surface area contributed by atoms with Gasteiger partial charge in [0.2, 0.25) is 0 Å². The van der Waals surface area contributed by atoms with Crippen LogP contribution in [0.1, 0.15) is 55.0 Å². The molecule has 4 heterocycles. The molecule has 8 rings (SSSR count). The van der Waals surface area contributed by atoms with E-state index in [1.807, 2.05) is 89.8 Å². The fraction of sp³-hybridized carbons (Fsp3) is 0.350. The van der Waals surface area contributed by atoms with Crippen LogP contribution in [0.2, 0.25) is 0 Å². The first-order chi connectivity index (χ1) is 24.4. The highest BCUT2D eigenvalue weighted by molar-refractivity contribution is 8.14. The van der Waals surface area contributed by atoms with Gasteiger partial charge < -0.3 is 19.5 Å². The van der Waals surface area contributed by atoms with Crippen LogP contribution in [0.3, 0.4) is 0 Å². The summed E-state index contributed by atoms with van der Waals surface area (Å²) >= 11 is 1.42. The second kappa shape index (κ2) is 13.6. The van der Waals surface area contributed by atoms with Gasteiger partial charge >= 0.3 is 0 Å². The van der Waals surface area contributed by atoms with Gasteiger partial charge in [0.25, 0.3) is 5.24 Å². The van der Waals surface area contributed by atoms with E-state index in [-0.39, 0.29) is 22.4 Å². The van der Waals surface area contributed by atoms with Crippen LogP contribution in [0.15, 0.2) is 97.7 Å². The fourth-order valence-electron chi connectivity index (χ4n) is 7.96. The van der Waals surface area contributed by atoms with Crippen molar-refractivity contribution in [3.63, 3.8) is 0 Å². The monoisotopic (exact) mass is 687 g/mol. The van der Waals surface area contributed by atoms with Crippen molar-refractivity contribution in [2.45, 2.75) is 62.0 Å². The molecule has 3 fully saturated rings. The first-order valence-corrected chi connectivity index (χ1v) is 18.3. The number of pyridine rings is 1. The molecule has 3 aliphatic rings. The van der Waals surface area contributed by atoms with E-state index in [0.717, 1.165) is 83.5 Å². The molecule has 0 spiro atoms. The third-order valence-electron chi connectivity index (χ3n) is 10.7. The number of rotatable bonds is 10. The van der Waals surface area contributed by atoms with Crippen LogP contribution >= 0.6 is 11.8 Å². The standard InChI is InChI=1S/C40H41N5O4S/c1-3-26(24-44-25-37(42-43-44)40(47)18-7-8-19-40)28-17-20-45-36(21-28)38(50-39(45)46)33-23-35(41-34-16-15-31(48-2)22-32(33)34)27-11-13-30(14-12-27)49-29-9-5-4-6-10-29/h3-6,9-16,22-23,25-26,28,36,38,47H,1,7-8,17-21,24H2,2H3/t26-,28-,36-,38-/m0/s1. The van der Waals surface area contributed by atoms with Gasteiger partial charge in [-0.15, -0.1) is 11.7 Å². The Balaban J connectivity index is 1.08. The number of nitrogens with zero attached hydrogens (tertiary/aromatic N) is 5. The minimum absolute atomic E-state index is 0.0190. The third kappa shape index (κ3) is 6.26. The molecule has 1 saturated carbocycles. The fourth-order valence-corrected chi connectivity index (χ4v) is 9.28. The Morgan fingerprint density at radius 3 is 2.56 bits per heavy atom. The first kappa shape index (κ1) is 32.5. The van der Waals surface area contributed by atoms with Crippen molar-refractivity contribution in [1.29, 1.82) is 0 Å². The van der Waals surface area contributed by atoms with Crippen LogP contribution < -0.4 is 9.47 Å². The highest BCUT2D eigenvalue weighted by atomic mass is 32.2. The molecule has 1 amide bonds. The van der Waals surface area contributed by atoms with Crippen LogP contribution in [0.25, 0.3) is 22.2 Å². The normalized spacial score (nSPS) is 22.0. The SMILES string of the molecule is C=C[C@@H](Cn1cc(C2(O)CCCC2)nn1)[C@H]1CCN2C(=O)S[C@@H](c3cc(-c4ccc(Oc5ccccc5)cc4)nc4ccc(OC)cc34)[C@@H]2C1. The summed E-state index contributed by atoms with van der Waals surface area (Å²) in [6.07, 6.45) is 9.16. The van der Waals surface area contributed by atoms with E-state index < -0.39 is 5.60 Å². The van der Waals surface area contributed by atoms with Crippen LogP contribution in [-0.4, -0.2) is 54.9 Å². The third-order valence-corrected chi connectivity index (χ3v) is 12.0. The maximum Gasteiger partial charge on any atom is 0.282 e. The number of hydrogen-bond donors (Lipinski definition) is 1. The smallest absolute Gasteiger partial charge is 0.282 e. The lowest BCUT2D eigenvalue weighted by molar-refractivity contribution is 0.0398. The maximum atomic E-state index is 13.6. The van der Waals surface area contributed by atoms with Gasteiger partial charge in [-0.3, -0.25) is 9.48 Å². The van der Waals surface area contributed by atoms with E-state index in [1.165, 1.54) is 11.8 Å². The lowest BCUT2D eigenvalue weighted by Crippen LogP contribution is -2.43. The van der Waals surface area contributed by atoms with E-state index >= 15 is 0 Å². The number of hydrogen-bond acceptors (Lipinski definition) is 8. The van der Waals surface area contributed by atoms with Crippen LogP contribution in [0.4, 0.5) is 4.79 Å². The Hall–Kier alpha value is -4.67. The molecule has 10 heteroatoms. The number of ether oxygens (including phenoxy) is 2. The molecule has 4 atom stereocenters. The number of piperidine rings is 1. The lowest BCUT2D eigenvalue weighted by Gasteiger charge is -2.39. The summed E-state index contributed by atoms with van der Waals surface area (Å²) in [6, 6.07) is 25.9. The van der Waals surface area contributed by atoms with Crippen molar-refractivity contribution in [3.05, 3.63) is 109 Å². The van der Waals surface area contributed by atoms with Crippen molar-refractivity contribution in [2.75, 3.05) is 13.7 Å². The highest BCUT2D eigenvalue weighted by Gasteiger charge is 2.46. The molecular weight excluding hydrogens is 647 g/mol. The van der Waals surface area contributed by atoms with Crippen LogP contribution in [0, 0.1) is 11.8 Å². The van der Waals surface area contributed by atoms with Crippen molar-refractivity contribution in [1.82, 2.24) is 24.9 Å². The number of methoxy groups -OCH3 is 1. The number of thioether (sulfide) groups is 1. The molecule has 50 heavy (non-hydrogen) atoms. The zero-order valence-electron chi connectivity index (χ0n) is 28.1. The predicted octanol–water partition coefficient (Wildman–Crippen LogP) is 8.55. The van der Waals surface area contributed by atoms with Crippen molar-refractivity contribution >= 4 is 27.9 Å². The van der Waals surface area contributed by atoms with Crippen LogP contribution in [-0.2, 0) is 12.1 Å². The zero-order valence-corrected chi connectivity index (χ0v) is 29.0. The molecule has 5 aromatic rings. The number of carbonyl (C=O) groups excluding carboxylic acids is 1. The van der Waals surface area contributed by atoms with Gasteiger partial charge in [-0.05, 0) is 104 Å². The topological polar surface area (TPSA) is 103 Å². The predicted molar refractivity (Wildman–Crippen MR) is 195 cm³/mol. The van der Waals surface area contributed by atoms with Crippen LogP contribution in [0.5, 0.6) is 17.2 Å². The Morgan fingerprint density at radius 2 is 1.80 bits per heavy atom. The Labute approximate surface area is 296 Å². The number of aliphatic hydroxyl groups is 1. The molecule has 9 nitrogen and oxygen atoms in total. The Kier molecular flexibility index (Phi) is 8.83. The van der Waals surface area contributed by atoms with Gasteiger partial charge in [0, 0.05) is 30.1 Å². The molecule has 256 valence electrons. The highest BCUT2D eigenvalue weighted by Crippen LogP contribution is 2.51. The van der Waals surface area contributed by atoms with Gasteiger partial charge in [0.05, 0.1) is 29.8 Å². The summed E-state index contributed by atoms with van der Waals surface area (Å²) in [5.41, 5.74) is 3.56. The number of fused-ring (bicyclic) bond motifs is 2. The summed E-state index contributed by atoms with van der Waals surface area (Å²) in [4.78, 5) is 20.7. The average molecular weight is 688 g/mol. The van der Waals surface area contributed by atoms with E-state index in [1.54, 1.807) is 7.11 Å². The minimum atomic E-state index is -0.866. The summed E-state index contributed by atoms with van der Waals surface area (Å²) in [5, 5.41) is 20.9. The molecule has 1 aliphatic carbocycles. The lowest BCUT2D eigenvalue weighted by atomic mass is 9.79. The molecule has 1 N–H and O–H groups in total. The summed E-state index contributed by atoms with van der Waals surface area (Å²) < 4.78 is 13.5. The molecule has 0 unspecified atom stereocenters. The van der Waals surface area contributed by atoms with E-state index in [4.69, 9.17) is 14.5 Å². The number of aromatic nitrogens is 4. The van der Waals surface area contributed by atoms with Gasteiger partial charge in [-0.2, -0.15) is 0 Å². The molecule has 0 radical (unpaired) electrons. The number of carbonyl (C=O) groups is 1. The second-order valence-electron chi connectivity index (χ2n) is 13.7. The van der Waals surface area contributed by atoms with Crippen molar-refractivity contribution < 1.29 is 19.4 Å². The van der Waals surface area contributed by atoms with Gasteiger partial charge in [-0.1, -0.05) is 54.1 Å². The number of para-hydroxylation sites is 1. The van der Waals surface area contributed by atoms with Crippen molar-refractivity contribution in [2.24, 2.45) is 11.8 Å². The number of allylic oxidation sites excluding steroid dienone is 1. The molecule has 0 bridgehead atoms. The van der Waals surface area contributed by atoms with E-state index in [9.17, 15) is 9.90 Å². The summed E-state index contributed by atoms with van der Waals surface area (Å²) in [5.74, 6) is 2.74. The number of benzene rings is 3. The second-order valence-corrected chi connectivity index (χ2v) is 14.8. The molecule has 2 saturated heterocycles. The largest absolute Gasteiger partial charge is 0.497 e. The Morgan fingerprint density at radius 1 is 1.04 bits per heavy atom. The van der Waals surface area contributed by atoms with Gasteiger partial charge in [0.1, 0.15) is 28.5 Å². The molecule has 2 aromatic heterocycles. The van der Waals surface area contributed by atoms with E-state index in [2.05, 4.69) is 27.9 Å². The van der Waals surface area contributed by atoms with Gasteiger partial charge in [-0.25, -0.2) is 4.98 Å². The molecular formula is C40H41N5O4S. The molecule has 2 aliphatic heterocycles. The number of amides is 1. The minimum Gasteiger partial charge on any atom is -0.497 e. The summed E-state index contributed by atoms with van der Waals surface area (Å²) in [7, 11) is 1.67. The van der Waals surface area contributed by atoms with Gasteiger partial charge in [0.15, 0.2) is 0 Å². The van der Waals surface area contributed by atoms with E-state index in [0.29, 0.717) is 24.7 Å². The first-order valence-electron chi connectivity index (χ1n) is 17.5. The zero-order chi connectivity index (χ0) is 34.2. The Bertz CT molecular complexity index is 2010. The maximum absolute atomic E-state index is 13.6. The summed E-state index contributed by atoms with van der Waals surface area (Å²) in [6.45, 7) is 5.55. The average Bonchev–Trinajstić information content (AvgIpc) is 3.90. The van der Waals surface area contributed by atoms with Crippen molar-refractivity contribution in [3.8, 4) is 28.5 Å². The molecule has 3 aromatic carbocycles. The quantitative estimate of drug-likeness (QED) is 0.146.